The van der Waals surface area contributed by atoms with Crippen molar-refractivity contribution in [1.29, 1.82) is 0 Å². The molecular weight excluding hydrogens is 281 g/mol. The van der Waals surface area contributed by atoms with E-state index in [1.165, 1.54) is 32.0 Å². The summed E-state index contributed by atoms with van der Waals surface area (Å²) in [5.41, 5.74) is 5.58. The van der Waals surface area contributed by atoms with Gasteiger partial charge in [0, 0.05) is 11.7 Å². The minimum Gasteiger partial charge on any atom is -0.398 e. The molecule has 3 nitrogen and oxygen atoms in total. The zero-order valence-corrected chi connectivity index (χ0v) is 11.2. The molecule has 0 atom stereocenters. The molecule has 19 heavy (non-hydrogen) atoms. The van der Waals surface area contributed by atoms with E-state index in [1.807, 2.05) is 0 Å². The third-order valence-corrected chi connectivity index (χ3v) is 2.81. The molecule has 0 fully saturated rings. The normalized spacial score (nSPS) is 11.7. The fraction of sp³-hybridized carbons (Fsp3) is 0.417. The van der Waals surface area contributed by atoms with Gasteiger partial charge in [0.2, 0.25) is 0 Å². The number of nitrogen functional groups attached to an aromatic ring is 1. The van der Waals surface area contributed by atoms with Crippen molar-refractivity contribution in [3.8, 4) is 0 Å². The molecule has 0 aromatic heterocycles. The number of alkyl halides is 3. The van der Waals surface area contributed by atoms with Crippen molar-refractivity contribution in [2.75, 3.05) is 12.3 Å². The molecule has 1 aromatic carbocycles. The second kappa shape index (κ2) is 5.69. The van der Waals surface area contributed by atoms with Gasteiger partial charge in [-0.1, -0.05) is 17.7 Å². The van der Waals surface area contributed by atoms with Crippen molar-refractivity contribution in [2.45, 2.75) is 26.1 Å². The lowest BCUT2D eigenvalue weighted by Gasteiger charge is -2.28. The summed E-state index contributed by atoms with van der Waals surface area (Å²) in [6.07, 6.45) is -4.48. The average Bonchev–Trinajstić information content (AvgIpc) is 2.23. The van der Waals surface area contributed by atoms with Crippen LogP contribution in [0.2, 0.25) is 5.02 Å². The third-order valence-electron chi connectivity index (χ3n) is 2.49. The molecule has 1 aromatic rings. The molecule has 7 heteroatoms. The van der Waals surface area contributed by atoms with Gasteiger partial charge >= 0.3 is 6.18 Å². The van der Waals surface area contributed by atoms with Crippen LogP contribution in [-0.2, 0) is 0 Å². The van der Waals surface area contributed by atoms with E-state index in [0.717, 1.165) is 0 Å². The molecule has 0 aliphatic rings. The van der Waals surface area contributed by atoms with Crippen LogP contribution in [0.5, 0.6) is 0 Å². The van der Waals surface area contributed by atoms with E-state index in [2.05, 4.69) is 0 Å². The number of halogens is 4. The second-order valence-corrected chi connectivity index (χ2v) is 4.75. The number of nitrogens with zero attached hydrogens (tertiary/aromatic N) is 1. The second-order valence-electron chi connectivity index (χ2n) is 4.35. The number of anilines is 1. The first-order valence-electron chi connectivity index (χ1n) is 5.55. The quantitative estimate of drug-likeness (QED) is 0.869. The Kier molecular flexibility index (Phi) is 4.68. The van der Waals surface area contributed by atoms with Gasteiger partial charge < -0.3 is 10.6 Å². The molecule has 0 bridgehead atoms. The molecular formula is C12H14ClF3N2O. The molecule has 0 aliphatic heterocycles. The standard InChI is InChI=1S/C12H14ClF3N2O/c1-7(2)18(6-12(14,15)16)11(19)10-8(13)4-3-5-9(10)17/h3-5,7H,6,17H2,1-2H3. The zero-order valence-electron chi connectivity index (χ0n) is 10.5. The topological polar surface area (TPSA) is 46.3 Å². The third kappa shape index (κ3) is 4.02. The van der Waals surface area contributed by atoms with Crippen LogP contribution >= 0.6 is 11.6 Å². The Morgan fingerprint density at radius 3 is 2.42 bits per heavy atom. The molecule has 0 saturated carbocycles. The molecule has 0 aliphatic carbocycles. The number of amides is 1. The molecule has 1 amide bonds. The molecule has 0 spiro atoms. The van der Waals surface area contributed by atoms with Crippen LogP contribution in [0.15, 0.2) is 18.2 Å². The molecule has 0 unspecified atom stereocenters. The van der Waals surface area contributed by atoms with Crippen molar-refractivity contribution < 1.29 is 18.0 Å². The Morgan fingerprint density at radius 2 is 2.00 bits per heavy atom. The van der Waals surface area contributed by atoms with Crippen molar-refractivity contribution in [1.82, 2.24) is 4.90 Å². The van der Waals surface area contributed by atoms with Crippen molar-refractivity contribution >= 4 is 23.2 Å². The lowest BCUT2D eigenvalue weighted by molar-refractivity contribution is -0.143. The summed E-state index contributed by atoms with van der Waals surface area (Å²) in [4.78, 5) is 12.9. The van der Waals surface area contributed by atoms with Crippen LogP contribution < -0.4 is 5.73 Å². The lowest BCUT2D eigenvalue weighted by atomic mass is 10.1. The summed E-state index contributed by atoms with van der Waals surface area (Å²) in [5.74, 6) is -0.824. The van der Waals surface area contributed by atoms with Crippen LogP contribution in [0.4, 0.5) is 18.9 Å². The van der Waals surface area contributed by atoms with Gasteiger partial charge in [-0.25, -0.2) is 0 Å². The van der Waals surface area contributed by atoms with Crippen molar-refractivity contribution in [3.63, 3.8) is 0 Å². The van der Waals surface area contributed by atoms with Crippen molar-refractivity contribution in [2.24, 2.45) is 0 Å². The van der Waals surface area contributed by atoms with E-state index in [9.17, 15) is 18.0 Å². The summed E-state index contributed by atoms with van der Waals surface area (Å²) >= 11 is 5.84. The van der Waals surface area contributed by atoms with Gasteiger partial charge in [-0.05, 0) is 26.0 Å². The number of rotatable bonds is 3. The highest BCUT2D eigenvalue weighted by atomic mass is 35.5. The summed E-state index contributed by atoms with van der Waals surface area (Å²) in [5, 5.41) is 0.0397. The van der Waals surface area contributed by atoms with Crippen LogP contribution in [0.25, 0.3) is 0 Å². The van der Waals surface area contributed by atoms with Crippen molar-refractivity contribution in [3.05, 3.63) is 28.8 Å². The lowest BCUT2D eigenvalue weighted by Crippen LogP contribution is -2.43. The summed E-state index contributed by atoms with van der Waals surface area (Å²) in [6, 6.07) is 3.74. The van der Waals surface area contributed by atoms with Gasteiger partial charge in [-0.15, -0.1) is 0 Å². The maximum Gasteiger partial charge on any atom is 0.406 e. The van der Waals surface area contributed by atoms with Gasteiger partial charge in [0.25, 0.3) is 5.91 Å². The molecule has 2 N–H and O–H groups in total. The maximum absolute atomic E-state index is 12.5. The van der Waals surface area contributed by atoms with E-state index >= 15 is 0 Å². The highest BCUT2D eigenvalue weighted by Gasteiger charge is 2.35. The molecule has 1 rings (SSSR count). The molecule has 106 valence electrons. The first-order chi connectivity index (χ1) is 8.63. The minimum absolute atomic E-state index is 0.0397. The monoisotopic (exact) mass is 294 g/mol. The van der Waals surface area contributed by atoms with Gasteiger partial charge in [0.15, 0.2) is 0 Å². The van der Waals surface area contributed by atoms with Gasteiger partial charge in [-0.2, -0.15) is 13.2 Å². The van der Waals surface area contributed by atoms with E-state index in [-0.39, 0.29) is 16.3 Å². The van der Waals surface area contributed by atoms with Gasteiger partial charge in [0.05, 0.1) is 10.6 Å². The first-order valence-corrected chi connectivity index (χ1v) is 5.93. The van der Waals surface area contributed by atoms with Gasteiger partial charge in [-0.3, -0.25) is 4.79 Å². The molecule has 0 saturated heterocycles. The Labute approximate surface area is 114 Å². The molecule has 0 heterocycles. The zero-order chi connectivity index (χ0) is 14.8. The van der Waals surface area contributed by atoms with Gasteiger partial charge in [0.1, 0.15) is 6.54 Å². The largest absolute Gasteiger partial charge is 0.406 e. The van der Waals surface area contributed by atoms with E-state index in [4.69, 9.17) is 17.3 Å². The Bertz CT molecular complexity index is 454. The number of hydrogen-bond acceptors (Lipinski definition) is 2. The Morgan fingerprint density at radius 1 is 1.42 bits per heavy atom. The highest BCUT2D eigenvalue weighted by Crippen LogP contribution is 2.26. The van der Waals surface area contributed by atoms with E-state index in [0.29, 0.717) is 4.90 Å². The van der Waals surface area contributed by atoms with Crippen LogP contribution in [0, 0.1) is 0 Å². The maximum atomic E-state index is 12.5. The predicted molar refractivity (Wildman–Crippen MR) is 68.1 cm³/mol. The highest BCUT2D eigenvalue weighted by molar-refractivity contribution is 6.34. The number of benzene rings is 1. The van der Waals surface area contributed by atoms with E-state index in [1.54, 1.807) is 0 Å². The fourth-order valence-electron chi connectivity index (χ4n) is 1.59. The Balaban J connectivity index is 3.14. The SMILES string of the molecule is CC(C)N(CC(F)(F)F)C(=O)c1c(N)cccc1Cl. The summed E-state index contributed by atoms with van der Waals surface area (Å²) < 4.78 is 37.5. The Hall–Kier alpha value is -1.43. The summed E-state index contributed by atoms with van der Waals surface area (Å²) in [7, 11) is 0. The van der Waals surface area contributed by atoms with Crippen LogP contribution in [0.3, 0.4) is 0 Å². The van der Waals surface area contributed by atoms with Crippen LogP contribution in [0.1, 0.15) is 24.2 Å². The molecule has 0 radical (unpaired) electrons. The number of carbonyl (C=O) groups excluding carboxylic acids is 1. The summed E-state index contributed by atoms with van der Waals surface area (Å²) in [6.45, 7) is 1.65. The number of carbonyl (C=O) groups is 1. The average molecular weight is 295 g/mol. The smallest absolute Gasteiger partial charge is 0.398 e. The fourth-order valence-corrected chi connectivity index (χ4v) is 1.85. The number of hydrogen-bond donors (Lipinski definition) is 1. The van der Waals surface area contributed by atoms with E-state index < -0.39 is 24.7 Å². The minimum atomic E-state index is -4.48. The predicted octanol–water partition coefficient (Wildman–Crippen LogP) is 3.34. The number of nitrogens with two attached hydrogens (primary N) is 1. The first kappa shape index (κ1) is 15.6. The van der Waals surface area contributed by atoms with Crippen LogP contribution in [-0.4, -0.2) is 29.6 Å².